The topological polar surface area (TPSA) is 71.2 Å². The van der Waals surface area contributed by atoms with Crippen LogP contribution in [0.25, 0.3) is 0 Å². The van der Waals surface area contributed by atoms with E-state index >= 15 is 0 Å². The van der Waals surface area contributed by atoms with E-state index in [1.165, 1.54) is 0 Å². The quantitative estimate of drug-likeness (QED) is 0.766. The van der Waals surface area contributed by atoms with E-state index in [2.05, 4.69) is 15.2 Å². The van der Waals surface area contributed by atoms with Crippen molar-refractivity contribution in [3.8, 4) is 0 Å². The number of piperazine rings is 1. The number of amides is 1. The Kier molecular flexibility index (Phi) is 3.71. The number of rotatable bonds is 3. The van der Waals surface area contributed by atoms with Crippen molar-refractivity contribution < 1.29 is 4.79 Å². The van der Waals surface area contributed by atoms with Crippen LogP contribution >= 0.6 is 0 Å². The molecule has 0 bridgehead atoms. The van der Waals surface area contributed by atoms with Crippen LogP contribution in [0.15, 0.2) is 12.1 Å². The van der Waals surface area contributed by atoms with Crippen LogP contribution in [-0.2, 0) is 6.54 Å². The molecule has 2 rings (SSSR count). The molecule has 1 aliphatic heterocycles. The maximum Gasteiger partial charge on any atom is 0.267 e. The molecular weight excluding hydrogens is 216 g/mol. The lowest BCUT2D eigenvalue weighted by Gasteiger charge is -2.27. The molecule has 1 aromatic heterocycles. The van der Waals surface area contributed by atoms with Gasteiger partial charge >= 0.3 is 0 Å². The highest BCUT2D eigenvalue weighted by atomic mass is 16.1. The van der Waals surface area contributed by atoms with E-state index in [0.29, 0.717) is 5.69 Å². The Balaban J connectivity index is 2.08. The van der Waals surface area contributed by atoms with E-state index in [1.54, 1.807) is 6.07 Å². The van der Waals surface area contributed by atoms with Crippen molar-refractivity contribution in [2.75, 3.05) is 26.2 Å². The number of aryl methyl sites for hydroxylation is 1. The maximum atomic E-state index is 11.0. The fourth-order valence-electron chi connectivity index (χ4n) is 2.00. The van der Waals surface area contributed by atoms with Crippen LogP contribution in [0.5, 0.6) is 0 Å². The number of nitrogens with two attached hydrogens (primary N) is 1. The average Bonchev–Trinajstić information content (AvgIpc) is 2.33. The van der Waals surface area contributed by atoms with Gasteiger partial charge in [-0.15, -0.1) is 0 Å². The van der Waals surface area contributed by atoms with Gasteiger partial charge in [0.05, 0.1) is 0 Å². The number of carbonyl (C=O) groups is 1. The zero-order chi connectivity index (χ0) is 12.3. The first kappa shape index (κ1) is 12.0. The van der Waals surface area contributed by atoms with Crippen molar-refractivity contribution in [2.24, 2.45) is 5.73 Å². The summed E-state index contributed by atoms with van der Waals surface area (Å²) < 4.78 is 0. The van der Waals surface area contributed by atoms with Crippen LogP contribution < -0.4 is 11.1 Å². The van der Waals surface area contributed by atoms with Gasteiger partial charge in [-0.1, -0.05) is 6.07 Å². The zero-order valence-electron chi connectivity index (χ0n) is 10.1. The Hall–Kier alpha value is -1.46. The third-order valence-electron chi connectivity index (χ3n) is 3.05. The molecule has 0 spiro atoms. The molecule has 0 radical (unpaired) electrons. The molecule has 92 valence electrons. The van der Waals surface area contributed by atoms with Crippen molar-refractivity contribution in [3.63, 3.8) is 0 Å². The fraction of sp³-hybridized carbons (Fsp3) is 0.500. The fourth-order valence-corrected chi connectivity index (χ4v) is 2.00. The molecule has 0 unspecified atom stereocenters. The number of hydrogen-bond acceptors (Lipinski definition) is 4. The third kappa shape index (κ3) is 3.01. The van der Waals surface area contributed by atoms with Gasteiger partial charge in [0.1, 0.15) is 5.69 Å². The van der Waals surface area contributed by atoms with E-state index in [1.807, 2.05) is 13.0 Å². The van der Waals surface area contributed by atoms with Gasteiger partial charge in [-0.25, -0.2) is 4.98 Å². The van der Waals surface area contributed by atoms with Crippen LogP contribution in [0.2, 0.25) is 0 Å². The first-order valence-electron chi connectivity index (χ1n) is 5.86. The number of hydrogen-bond donors (Lipinski definition) is 2. The third-order valence-corrected chi connectivity index (χ3v) is 3.05. The molecule has 0 atom stereocenters. The molecule has 1 amide bonds. The summed E-state index contributed by atoms with van der Waals surface area (Å²) in [5, 5.41) is 3.32. The summed E-state index contributed by atoms with van der Waals surface area (Å²) >= 11 is 0. The predicted molar refractivity (Wildman–Crippen MR) is 65.6 cm³/mol. The second-order valence-electron chi connectivity index (χ2n) is 4.33. The lowest BCUT2D eigenvalue weighted by Crippen LogP contribution is -2.43. The summed E-state index contributed by atoms with van der Waals surface area (Å²) in [5.74, 6) is -0.471. The molecule has 1 saturated heterocycles. The molecule has 1 aliphatic rings. The molecular formula is C12H18N4O. The first-order valence-corrected chi connectivity index (χ1v) is 5.86. The maximum absolute atomic E-state index is 11.0. The number of primary amides is 1. The molecule has 3 N–H and O–H groups in total. The Morgan fingerprint density at radius 3 is 2.76 bits per heavy atom. The summed E-state index contributed by atoms with van der Waals surface area (Å²) in [4.78, 5) is 17.6. The highest BCUT2D eigenvalue weighted by Gasteiger charge is 2.12. The van der Waals surface area contributed by atoms with Gasteiger partial charge in [0.25, 0.3) is 5.91 Å². The second-order valence-corrected chi connectivity index (χ2v) is 4.33. The van der Waals surface area contributed by atoms with Crippen LogP contribution in [0.4, 0.5) is 0 Å². The van der Waals surface area contributed by atoms with Gasteiger partial charge in [0, 0.05) is 38.4 Å². The van der Waals surface area contributed by atoms with Gasteiger partial charge in [-0.2, -0.15) is 0 Å². The van der Waals surface area contributed by atoms with Crippen molar-refractivity contribution >= 4 is 5.91 Å². The summed E-state index contributed by atoms with van der Waals surface area (Å²) in [6.07, 6.45) is 0. The van der Waals surface area contributed by atoms with Gasteiger partial charge in [0.2, 0.25) is 0 Å². The van der Waals surface area contributed by atoms with Crippen molar-refractivity contribution in [1.29, 1.82) is 0 Å². The highest BCUT2D eigenvalue weighted by molar-refractivity contribution is 5.90. The molecule has 0 saturated carbocycles. The van der Waals surface area contributed by atoms with E-state index in [9.17, 15) is 4.79 Å². The molecule has 1 fully saturated rings. The smallest absolute Gasteiger partial charge is 0.267 e. The van der Waals surface area contributed by atoms with E-state index in [4.69, 9.17) is 5.73 Å². The van der Waals surface area contributed by atoms with Gasteiger partial charge in [0.15, 0.2) is 0 Å². The van der Waals surface area contributed by atoms with E-state index in [0.717, 1.165) is 44.0 Å². The van der Waals surface area contributed by atoms with E-state index < -0.39 is 5.91 Å². The normalized spacial score (nSPS) is 17.0. The van der Waals surface area contributed by atoms with Crippen molar-refractivity contribution in [3.05, 3.63) is 29.1 Å². The molecule has 0 aliphatic carbocycles. The zero-order valence-corrected chi connectivity index (χ0v) is 10.1. The van der Waals surface area contributed by atoms with Crippen LogP contribution in [0.3, 0.4) is 0 Å². The Morgan fingerprint density at radius 1 is 1.47 bits per heavy atom. The molecule has 1 aromatic rings. The lowest BCUT2D eigenvalue weighted by atomic mass is 10.1. The number of aromatic nitrogens is 1. The Labute approximate surface area is 101 Å². The average molecular weight is 234 g/mol. The standard InChI is InChI=1S/C12H18N4O/c1-9-10(2-3-11(15-9)12(13)17)8-16-6-4-14-5-7-16/h2-3,14H,4-8H2,1H3,(H2,13,17). The lowest BCUT2D eigenvalue weighted by molar-refractivity contribution is 0.0995. The number of nitrogens with one attached hydrogen (secondary N) is 1. The largest absolute Gasteiger partial charge is 0.364 e. The summed E-state index contributed by atoms with van der Waals surface area (Å²) in [6.45, 7) is 6.98. The molecule has 5 heteroatoms. The minimum Gasteiger partial charge on any atom is -0.364 e. The first-order chi connectivity index (χ1) is 8.16. The molecule has 0 aromatic carbocycles. The van der Waals surface area contributed by atoms with Crippen LogP contribution in [0.1, 0.15) is 21.7 Å². The number of carbonyl (C=O) groups excluding carboxylic acids is 1. The molecule has 2 heterocycles. The van der Waals surface area contributed by atoms with Gasteiger partial charge < -0.3 is 11.1 Å². The minimum absolute atomic E-state index is 0.339. The van der Waals surface area contributed by atoms with Crippen molar-refractivity contribution in [2.45, 2.75) is 13.5 Å². The monoisotopic (exact) mass is 234 g/mol. The van der Waals surface area contributed by atoms with Gasteiger partial charge in [-0.3, -0.25) is 9.69 Å². The minimum atomic E-state index is -0.471. The molecule has 17 heavy (non-hydrogen) atoms. The summed E-state index contributed by atoms with van der Waals surface area (Å²) in [5.41, 5.74) is 7.59. The number of pyridine rings is 1. The van der Waals surface area contributed by atoms with Crippen LogP contribution in [-0.4, -0.2) is 42.0 Å². The van der Waals surface area contributed by atoms with Crippen LogP contribution in [0, 0.1) is 6.92 Å². The number of nitrogens with zero attached hydrogens (tertiary/aromatic N) is 2. The van der Waals surface area contributed by atoms with Crippen molar-refractivity contribution in [1.82, 2.24) is 15.2 Å². The summed E-state index contributed by atoms with van der Waals surface area (Å²) in [7, 11) is 0. The molecule has 5 nitrogen and oxygen atoms in total. The second kappa shape index (κ2) is 5.25. The SMILES string of the molecule is Cc1nc(C(N)=O)ccc1CN1CCNCC1. The Morgan fingerprint density at radius 2 is 2.18 bits per heavy atom. The highest BCUT2D eigenvalue weighted by Crippen LogP contribution is 2.10. The predicted octanol–water partition coefficient (Wildman–Crippen LogP) is -0.106. The summed E-state index contributed by atoms with van der Waals surface area (Å²) in [6, 6.07) is 3.65. The Bertz CT molecular complexity index is 413. The van der Waals surface area contributed by atoms with E-state index in [-0.39, 0.29) is 0 Å². The van der Waals surface area contributed by atoms with Gasteiger partial charge in [-0.05, 0) is 18.6 Å².